The number of carboxylic acid groups (broad SMARTS) is 1. The number of carboxylic acids is 1. The number of halogens is 1. The molecule has 1 rings (SSSR count). The minimum atomic E-state index is -0.828. The predicted octanol–water partition coefficient (Wildman–Crippen LogP) is 1.91. The number of ether oxygens (including phenoxy) is 1. The number of hydrogen-bond acceptors (Lipinski definition) is 3. The van der Waals surface area contributed by atoms with Gasteiger partial charge in [-0.05, 0) is 37.2 Å². The molecule has 0 aliphatic heterocycles. The summed E-state index contributed by atoms with van der Waals surface area (Å²) < 4.78 is 5.22. The molecule has 94 valence electrons. The van der Waals surface area contributed by atoms with Gasteiger partial charge in [0, 0.05) is 11.6 Å². The molecule has 0 aliphatic rings. The van der Waals surface area contributed by atoms with Crippen molar-refractivity contribution in [1.82, 2.24) is 4.90 Å². The number of carbonyl (C=O) groups is 1. The number of aliphatic carboxylic acids is 1. The molecule has 0 spiro atoms. The second-order valence-electron chi connectivity index (χ2n) is 3.84. The summed E-state index contributed by atoms with van der Waals surface area (Å²) in [7, 11) is 3.37. The molecule has 5 heteroatoms. The van der Waals surface area contributed by atoms with Gasteiger partial charge < -0.3 is 9.84 Å². The van der Waals surface area contributed by atoms with E-state index in [1.807, 2.05) is 12.1 Å². The van der Waals surface area contributed by atoms with Crippen LogP contribution in [0.4, 0.5) is 0 Å². The Bertz CT molecular complexity index is 395. The van der Waals surface area contributed by atoms with Gasteiger partial charge in [0.05, 0.1) is 13.7 Å². The SMILES string of the molecule is COc1ccc(Cl)cc1CCN(C)CC(=O)O. The molecule has 0 aliphatic carbocycles. The highest BCUT2D eigenvalue weighted by Crippen LogP contribution is 2.23. The monoisotopic (exact) mass is 257 g/mol. The minimum absolute atomic E-state index is 0.0306. The molecule has 0 atom stereocenters. The number of nitrogens with zero attached hydrogens (tertiary/aromatic N) is 1. The fourth-order valence-corrected chi connectivity index (χ4v) is 1.76. The fraction of sp³-hybridized carbons (Fsp3) is 0.417. The van der Waals surface area contributed by atoms with Gasteiger partial charge in [0.15, 0.2) is 0 Å². The largest absolute Gasteiger partial charge is 0.496 e. The molecular formula is C12H16ClNO3. The highest BCUT2D eigenvalue weighted by Gasteiger charge is 2.07. The Morgan fingerprint density at radius 1 is 1.53 bits per heavy atom. The van der Waals surface area contributed by atoms with Crippen LogP contribution in [0.3, 0.4) is 0 Å². The van der Waals surface area contributed by atoms with Crippen LogP contribution < -0.4 is 4.74 Å². The van der Waals surface area contributed by atoms with Crippen LogP contribution in [0.25, 0.3) is 0 Å². The molecule has 4 nitrogen and oxygen atoms in total. The molecule has 1 N–H and O–H groups in total. The van der Waals surface area contributed by atoms with Gasteiger partial charge in [0.1, 0.15) is 5.75 Å². The highest BCUT2D eigenvalue weighted by atomic mass is 35.5. The van der Waals surface area contributed by atoms with E-state index in [-0.39, 0.29) is 6.54 Å². The molecule has 0 fully saturated rings. The van der Waals surface area contributed by atoms with Crippen LogP contribution in [-0.2, 0) is 11.2 Å². The van der Waals surface area contributed by atoms with E-state index in [0.717, 1.165) is 11.3 Å². The number of hydrogen-bond donors (Lipinski definition) is 1. The van der Waals surface area contributed by atoms with Crippen LogP contribution >= 0.6 is 11.6 Å². The van der Waals surface area contributed by atoms with E-state index < -0.39 is 5.97 Å². The maximum atomic E-state index is 10.5. The van der Waals surface area contributed by atoms with Gasteiger partial charge in [0.25, 0.3) is 0 Å². The zero-order valence-corrected chi connectivity index (χ0v) is 10.7. The molecule has 1 aromatic carbocycles. The Hall–Kier alpha value is -1.26. The average molecular weight is 258 g/mol. The lowest BCUT2D eigenvalue weighted by atomic mass is 10.1. The van der Waals surface area contributed by atoms with Gasteiger partial charge in [-0.3, -0.25) is 9.69 Å². The Balaban J connectivity index is 2.61. The first-order valence-corrected chi connectivity index (χ1v) is 5.63. The third-order valence-electron chi connectivity index (χ3n) is 2.41. The van der Waals surface area contributed by atoms with Gasteiger partial charge >= 0.3 is 5.97 Å². The van der Waals surface area contributed by atoms with Crippen molar-refractivity contribution >= 4 is 17.6 Å². The third-order valence-corrected chi connectivity index (χ3v) is 2.65. The number of methoxy groups -OCH3 is 1. The maximum absolute atomic E-state index is 10.5. The van der Waals surface area contributed by atoms with E-state index in [0.29, 0.717) is 18.0 Å². The Morgan fingerprint density at radius 3 is 2.82 bits per heavy atom. The molecule has 0 heterocycles. The van der Waals surface area contributed by atoms with Crippen LogP contribution in [0.15, 0.2) is 18.2 Å². The molecular weight excluding hydrogens is 242 g/mol. The Kier molecular flexibility index (Phi) is 5.25. The molecule has 0 aromatic heterocycles. The van der Waals surface area contributed by atoms with E-state index in [9.17, 15) is 4.79 Å². The summed E-state index contributed by atoms with van der Waals surface area (Å²) in [4.78, 5) is 12.2. The van der Waals surface area contributed by atoms with Crippen molar-refractivity contribution in [1.29, 1.82) is 0 Å². The van der Waals surface area contributed by atoms with Crippen molar-refractivity contribution in [2.24, 2.45) is 0 Å². The quantitative estimate of drug-likeness (QED) is 0.846. The van der Waals surface area contributed by atoms with Crippen LogP contribution in [0.5, 0.6) is 5.75 Å². The summed E-state index contributed by atoms with van der Waals surface area (Å²) in [5, 5.41) is 9.29. The summed E-state index contributed by atoms with van der Waals surface area (Å²) in [6, 6.07) is 5.43. The van der Waals surface area contributed by atoms with Gasteiger partial charge in [0.2, 0.25) is 0 Å². The highest BCUT2D eigenvalue weighted by molar-refractivity contribution is 6.30. The molecule has 0 radical (unpaired) electrons. The molecule has 0 unspecified atom stereocenters. The normalized spacial score (nSPS) is 10.6. The maximum Gasteiger partial charge on any atom is 0.317 e. The van der Waals surface area contributed by atoms with Crippen molar-refractivity contribution < 1.29 is 14.6 Å². The number of rotatable bonds is 6. The standard InChI is InChI=1S/C12H16ClNO3/c1-14(8-12(15)16)6-5-9-7-10(13)3-4-11(9)17-2/h3-4,7H,5-6,8H2,1-2H3,(H,15,16). The van der Waals surface area contributed by atoms with Crippen molar-refractivity contribution in [3.8, 4) is 5.75 Å². The van der Waals surface area contributed by atoms with Gasteiger partial charge in [-0.2, -0.15) is 0 Å². The molecule has 0 saturated carbocycles. The first kappa shape index (κ1) is 13.8. The second-order valence-corrected chi connectivity index (χ2v) is 4.27. The van der Waals surface area contributed by atoms with E-state index >= 15 is 0 Å². The zero-order valence-electron chi connectivity index (χ0n) is 9.94. The lowest BCUT2D eigenvalue weighted by Gasteiger charge is -2.15. The Morgan fingerprint density at radius 2 is 2.24 bits per heavy atom. The van der Waals surface area contributed by atoms with E-state index in [1.54, 1.807) is 25.1 Å². The van der Waals surface area contributed by atoms with Gasteiger partial charge in [-0.25, -0.2) is 0 Å². The lowest BCUT2D eigenvalue weighted by Crippen LogP contribution is -2.27. The van der Waals surface area contributed by atoms with Crippen LogP contribution in [0.2, 0.25) is 5.02 Å². The zero-order chi connectivity index (χ0) is 12.8. The fourth-order valence-electron chi connectivity index (χ4n) is 1.56. The first-order valence-electron chi connectivity index (χ1n) is 5.25. The average Bonchev–Trinajstić information content (AvgIpc) is 2.25. The predicted molar refractivity (Wildman–Crippen MR) is 66.8 cm³/mol. The van der Waals surface area contributed by atoms with Gasteiger partial charge in [-0.15, -0.1) is 0 Å². The van der Waals surface area contributed by atoms with Crippen molar-refractivity contribution in [2.75, 3.05) is 27.2 Å². The summed E-state index contributed by atoms with van der Waals surface area (Å²) in [6.45, 7) is 0.673. The lowest BCUT2D eigenvalue weighted by molar-refractivity contribution is -0.137. The molecule has 0 bridgehead atoms. The topological polar surface area (TPSA) is 49.8 Å². The summed E-state index contributed by atoms with van der Waals surface area (Å²) in [5.41, 5.74) is 0.984. The second kappa shape index (κ2) is 6.47. The summed E-state index contributed by atoms with van der Waals surface area (Å²) in [6.07, 6.45) is 0.702. The van der Waals surface area contributed by atoms with Crippen molar-refractivity contribution in [2.45, 2.75) is 6.42 Å². The van der Waals surface area contributed by atoms with Crippen LogP contribution in [-0.4, -0.2) is 43.2 Å². The molecule has 0 saturated heterocycles. The van der Waals surface area contributed by atoms with Crippen LogP contribution in [0.1, 0.15) is 5.56 Å². The molecule has 17 heavy (non-hydrogen) atoms. The number of benzene rings is 1. The van der Waals surface area contributed by atoms with E-state index in [2.05, 4.69) is 0 Å². The molecule has 0 amide bonds. The third kappa shape index (κ3) is 4.63. The summed E-state index contributed by atoms with van der Waals surface area (Å²) >= 11 is 5.91. The summed E-state index contributed by atoms with van der Waals surface area (Å²) in [5.74, 6) is -0.0521. The Labute approximate surface area is 106 Å². The minimum Gasteiger partial charge on any atom is -0.496 e. The van der Waals surface area contributed by atoms with E-state index in [1.165, 1.54) is 0 Å². The smallest absolute Gasteiger partial charge is 0.317 e. The number of likely N-dealkylation sites (N-methyl/N-ethyl adjacent to an activating group) is 1. The van der Waals surface area contributed by atoms with Crippen LogP contribution in [0, 0.1) is 0 Å². The van der Waals surface area contributed by atoms with E-state index in [4.69, 9.17) is 21.4 Å². The molecule has 1 aromatic rings. The van der Waals surface area contributed by atoms with Crippen molar-refractivity contribution in [3.05, 3.63) is 28.8 Å². The first-order chi connectivity index (χ1) is 8.02. The van der Waals surface area contributed by atoms with Gasteiger partial charge in [-0.1, -0.05) is 11.6 Å². The van der Waals surface area contributed by atoms with Crippen molar-refractivity contribution in [3.63, 3.8) is 0 Å².